The van der Waals surface area contributed by atoms with Crippen molar-refractivity contribution >= 4 is 10.0 Å². The van der Waals surface area contributed by atoms with Gasteiger partial charge < -0.3 is 5.11 Å². The van der Waals surface area contributed by atoms with Crippen LogP contribution < -0.4 is 4.72 Å². The number of hydrogen-bond donors (Lipinski definition) is 2. The summed E-state index contributed by atoms with van der Waals surface area (Å²) in [4.78, 5) is 0. The smallest absolute Gasteiger partial charge is 0.215 e. The van der Waals surface area contributed by atoms with Gasteiger partial charge in [0.1, 0.15) is 5.60 Å². The summed E-state index contributed by atoms with van der Waals surface area (Å²) in [5, 5.41) is 10.4. The van der Waals surface area contributed by atoms with Crippen LogP contribution in [0.2, 0.25) is 0 Å². The molecule has 0 bridgehead atoms. The molecule has 22 heavy (non-hydrogen) atoms. The molecule has 0 spiro atoms. The van der Waals surface area contributed by atoms with Gasteiger partial charge in [-0.2, -0.15) is 0 Å². The topological polar surface area (TPSA) is 66.4 Å². The highest BCUT2D eigenvalue weighted by molar-refractivity contribution is 7.88. The number of sulfonamides is 1. The quantitative estimate of drug-likeness (QED) is 0.859. The van der Waals surface area contributed by atoms with Gasteiger partial charge in [0.2, 0.25) is 10.0 Å². The highest BCUT2D eigenvalue weighted by Gasteiger charge is 2.25. The van der Waals surface area contributed by atoms with Gasteiger partial charge in [-0.3, -0.25) is 0 Å². The average Bonchev–Trinajstić information content (AvgIpc) is 2.46. The van der Waals surface area contributed by atoms with Crippen LogP contribution in [0.15, 0.2) is 54.6 Å². The molecule has 0 aliphatic carbocycles. The first kappa shape index (κ1) is 16.7. The van der Waals surface area contributed by atoms with Crippen molar-refractivity contribution in [3.63, 3.8) is 0 Å². The Morgan fingerprint density at radius 2 is 1.77 bits per heavy atom. The van der Waals surface area contributed by atoms with Crippen molar-refractivity contribution in [1.29, 1.82) is 0 Å². The monoisotopic (exact) mass is 319 g/mol. The van der Waals surface area contributed by atoms with Crippen molar-refractivity contribution in [3.05, 3.63) is 71.3 Å². The molecule has 0 heterocycles. The van der Waals surface area contributed by atoms with Gasteiger partial charge in [0.05, 0.1) is 5.75 Å². The normalized spacial score (nSPS) is 14.5. The summed E-state index contributed by atoms with van der Waals surface area (Å²) in [6, 6.07) is 16.4. The van der Waals surface area contributed by atoms with Crippen molar-refractivity contribution in [2.75, 3.05) is 6.54 Å². The first-order chi connectivity index (χ1) is 10.3. The second-order valence-corrected chi connectivity index (χ2v) is 7.52. The first-order valence-electron chi connectivity index (χ1n) is 7.09. The molecule has 1 atom stereocenters. The van der Waals surface area contributed by atoms with Crippen molar-refractivity contribution in [2.24, 2.45) is 0 Å². The third kappa shape index (κ3) is 4.66. The van der Waals surface area contributed by atoms with Crippen LogP contribution in [-0.4, -0.2) is 20.1 Å². The van der Waals surface area contributed by atoms with Gasteiger partial charge in [-0.25, -0.2) is 13.1 Å². The summed E-state index contributed by atoms with van der Waals surface area (Å²) >= 11 is 0. The Kier molecular flexibility index (Phi) is 5.01. The van der Waals surface area contributed by atoms with Crippen LogP contribution in [0.3, 0.4) is 0 Å². The minimum atomic E-state index is -3.50. The number of nitrogens with one attached hydrogen (secondary N) is 1. The van der Waals surface area contributed by atoms with E-state index in [-0.39, 0.29) is 12.3 Å². The molecule has 2 aromatic carbocycles. The number of hydrogen-bond acceptors (Lipinski definition) is 3. The Morgan fingerprint density at radius 3 is 2.41 bits per heavy atom. The van der Waals surface area contributed by atoms with Gasteiger partial charge in [-0.15, -0.1) is 0 Å². The second kappa shape index (κ2) is 6.60. The molecule has 2 aromatic rings. The fourth-order valence-corrected chi connectivity index (χ4v) is 3.44. The van der Waals surface area contributed by atoms with Crippen molar-refractivity contribution in [3.8, 4) is 0 Å². The molecule has 0 saturated carbocycles. The summed E-state index contributed by atoms with van der Waals surface area (Å²) in [7, 11) is -3.50. The summed E-state index contributed by atoms with van der Waals surface area (Å²) in [5.74, 6) is -0.0977. The number of aliphatic hydroxyl groups is 1. The van der Waals surface area contributed by atoms with Crippen LogP contribution in [0.1, 0.15) is 23.6 Å². The molecule has 2 rings (SSSR count). The van der Waals surface area contributed by atoms with Crippen LogP contribution in [0.4, 0.5) is 0 Å². The Bertz CT molecular complexity index is 725. The zero-order valence-corrected chi connectivity index (χ0v) is 13.6. The van der Waals surface area contributed by atoms with E-state index in [1.165, 1.54) is 0 Å². The lowest BCUT2D eigenvalue weighted by atomic mass is 9.97. The molecule has 0 saturated heterocycles. The van der Waals surface area contributed by atoms with Crippen molar-refractivity contribution < 1.29 is 13.5 Å². The second-order valence-electron chi connectivity index (χ2n) is 5.71. The lowest BCUT2D eigenvalue weighted by Crippen LogP contribution is -2.39. The Labute approximate surface area is 131 Å². The SMILES string of the molecule is Cc1cccc(CS(=O)(=O)NC[C@@](C)(O)c2ccccc2)c1. The largest absolute Gasteiger partial charge is 0.384 e. The van der Waals surface area contributed by atoms with Crippen molar-refractivity contribution in [1.82, 2.24) is 4.72 Å². The standard InChI is InChI=1S/C17H21NO3S/c1-14-7-6-8-15(11-14)12-22(20,21)18-13-17(2,19)16-9-4-3-5-10-16/h3-11,18-19H,12-13H2,1-2H3/t17-/m1/s1. The minimum Gasteiger partial charge on any atom is -0.384 e. The zero-order chi connectivity index (χ0) is 16.2. The molecule has 118 valence electrons. The minimum absolute atomic E-state index is 0.0643. The van der Waals surface area contributed by atoms with Gasteiger partial charge >= 0.3 is 0 Å². The van der Waals surface area contributed by atoms with Crippen LogP contribution in [0, 0.1) is 6.92 Å². The fraction of sp³-hybridized carbons (Fsp3) is 0.294. The Morgan fingerprint density at radius 1 is 1.09 bits per heavy atom. The Balaban J connectivity index is 2.03. The fourth-order valence-electron chi connectivity index (χ4n) is 2.22. The van der Waals surface area contributed by atoms with E-state index in [0.29, 0.717) is 5.56 Å². The van der Waals surface area contributed by atoms with Crippen LogP contribution in [-0.2, 0) is 21.4 Å². The third-order valence-corrected chi connectivity index (χ3v) is 4.77. The van der Waals surface area contributed by atoms with Gasteiger partial charge in [0, 0.05) is 6.54 Å². The molecule has 0 radical (unpaired) electrons. The number of aryl methyl sites for hydroxylation is 1. The van der Waals surface area contributed by atoms with Crippen LogP contribution >= 0.6 is 0 Å². The van der Waals surface area contributed by atoms with E-state index in [0.717, 1.165) is 11.1 Å². The molecule has 0 aliphatic rings. The molecule has 0 aliphatic heterocycles. The lowest BCUT2D eigenvalue weighted by molar-refractivity contribution is 0.0627. The molecule has 0 amide bonds. The van der Waals surface area contributed by atoms with Gasteiger partial charge in [-0.1, -0.05) is 60.2 Å². The Hall–Kier alpha value is -1.69. The summed E-state index contributed by atoms with van der Waals surface area (Å²) < 4.78 is 26.8. The summed E-state index contributed by atoms with van der Waals surface area (Å²) in [6.07, 6.45) is 0. The highest BCUT2D eigenvalue weighted by Crippen LogP contribution is 2.19. The average molecular weight is 319 g/mol. The molecular weight excluding hydrogens is 298 g/mol. The van der Waals surface area contributed by atoms with E-state index in [1.807, 2.05) is 43.3 Å². The maximum atomic E-state index is 12.2. The molecule has 5 heteroatoms. The molecule has 0 unspecified atom stereocenters. The van der Waals surface area contributed by atoms with E-state index in [4.69, 9.17) is 0 Å². The number of benzene rings is 2. The van der Waals surface area contributed by atoms with Crippen LogP contribution in [0.5, 0.6) is 0 Å². The van der Waals surface area contributed by atoms with E-state index in [2.05, 4.69) is 4.72 Å². The van der Waals surface area contributed by atoms with Gasteiger partial charge in [-0.05, 0) is 25.0 Å². The molecule has 2 N–H and O–H groups in total. The molecule has 0 aromatic heterocycles. The molecular formula is C17H21NO3S. The maximum absolute atomic E-state index is 12.2. The maximum Gasteiger partial charge on any atom is 0.215 e. The van der Waals surface area contributed by atoms with E-state index in [9.17, 15) is 13.5 Å². The number of rotatable bonds is 6. The third-order valence-electron chi connectivity index (χ3n) is 3.47. The van der Waals surface area contributed by atoms with E-state index >= 15 is 0 Å². The highest BCUT2D eigenvalue weighted by atomic mass is 32.2. The predicted molar refractivity (Wildman–Crippen MR) is 87.8 cm³/mol. The predicted octanol–water partition coefficient (Wildman–Crippen LogP) is 2.32. The van der Waals surface area contributed by atoms with Gasteiger partial charge in [0.25, 0.3) is 0 Å². The molecule has 4 nitrogen and oxygen atoms in total. The van der Waals surface area contributed by atoms with Crippen LogP contribution in [0.25, 0.3) is 0 Å². The first-order valence-corrected chi connectivity index (χ1v) is 8.74. The summed E-state index contributed by atoms with van der Waals surface area (Å²) in [5.41, 5.74) is 1.17. The summed E-state index contributed by atoms with van der Waals surface area (Å²) in [6.45, 7) is 3.45. The van der Waals surface area contributed by atoms with E-state index in [1.54, 1.807) is 25.1 Å². The van der Waals surface area contributed by atoms with Crippen molar-refractivity contribution in [2.45, 2.75) is 25.2 Å². The molecule has 0 fully saturated rings. The lowest BCUT2D eigenvalue weighted by Gasteiger charge is -2.24. The zero-order valence-electron chi connectivity index (χ0n) is 12.8. The van der Waals surface area contributed by atoms with Gasteiger partial charge in [0.15, 0.2) is 0 Å². The van der Waals surface area contributed by atoms with E-state index < -0.39 is 15.6 Å².